The number of halogens is 3. The summed E-state index contributed by atoms with van der Waals surface area (Å²) in [4.78, 5) is 15.1. The van der Waals surface area contributed by atoms with Gasteiger partial charge in [-0.15, -0.1) is 0 Å². The molecule has 2 aliphatic rings. The Labute approximate surface area is 196 Å². The summed E-state index contributed by atoms with van der Waals surface area (Å²) < 4.78 is 53.5. The molecule has 0 bridgehead atoms. The van der Waals surface area contributed by atoms with Gasteiger partial charge in [-0.1, -0.05) is 0 Å². The van der Waals surface area contributed by atoms with Crippen LogP contribution in [0.3, 0.4) is 0 Å². The van der Waals surface area contributed by atoms with Gasteiger partial charge in [0.15, 0.2) is 5.69 Å². The van der Waals surface area contributed by atoms with Gasteiger partial charge >= 0.3 is 6.18 Å². The van der Waals surface area contributed by atoms with Crippen LogP contribution in [0.15, 0.2) is 24.4 Å². The van der Waals surface area contributed by atoms with Crippen LogP contribution in [0.25, 0.3) is 11.1 Å². The van der Waals surface area contributed by atoms with E-state index in [1.165, 1.54) is 16.9 Å². The zero-order valence-corrected chi connectivity index (χ0v) is 19.2. The van der Waals surface area contributed by atoms with Crippen molar-refractivity contribution in [2.24, 2.45) is 0 Å². The number of aryl methyl sites for hydroxylation is 1. The smallest absolute Gasteiger partial charge is 0.376 e. The Bertz CT molecular complexity index is 981. The third-order valence-electron chi connectivity index (χ3n) is 5.93. The molecule has 186 valence electrons. The largest absolute Gasteiger partial charge is 0.435 e. The standard InChI is InChI=1S/C23H30F3N5O3/c1-2-31-13-20(21(29-31)23(24,25)26)17-8-16(12-30-5-7-33-15-27-14-30)9-18(10-17)22(32)28-11-19-4-3-6-34-19/h8-10,13,19,27H,2-7,11-12,14-15H2,1H3,(H,28,32). The number of amides is 1. The summed E-state index contributed by atoms with van der Waals surface area (Å²) in [6.45, 7) is 5.76. The number of benzene rings is 1. The van der Waals surface area contributed by atoms with E-state index >= 15 is 0 Å². The monoisotopic (exact) mass is 481 g/mol. The number of carbonyl (C=O) groups excluding carboxylic acids is 1. The number of hydrogen-bond donors (Lipinski definition) is 2. The van der Waals surface area contributed by atoms with E-state index in [-0.39, 0.29) is 17.6 Å². The molecule has 1 unspecified atom stereocenters. The van der Waals surface area contributed by atoms with Gasteiger partial charge < -0.3 is 14.8 Å². The molecule has 0 spiro atoms. The van der Waals surface area contributed by atoms with Gasteiger partial charge in [-0.25, -0.2) is 0 Å². The summed E-state index contributed by atoms with van der Waals surface area (Å²) >= 11 is 0. The van der Waals surface area contributed by atoms with E-state index < -0.39 is 11.9 Å². The molecule has 8 nitrogen and oxygen atoms in total. The highest BCUT2D eigenvalue weighted by Crippen LogP contribution is 2.37. The van der Waals surface area contributed by atoms with Gasteiger partial charge in [-0.3, -0.25) is 19.7 Å². The molecule has 34 heavy (non-hydrogen) atoms. The minimum atomic E-state index is -4.61. The first-order valence-corrected chi connectivity index (χ1v) is 11.5. The molecule has 1 aromatic carbocycles. The SMILES string of the molecule is CCn1cc(-c2cc(CN3CCOCNC3)cc(C(=O)NCC3CCCO3)c2)c(C(F)(F)F)n1. The van der Waals surface area contributed by atoms with Crippen molar-refractivity contribution in [3.05, 3.63) is 41.2 Å². The molecule has 1 amide bonds. The van der Waals surface area contributed by atoms with Crippen LogP contribution in [-0.4, -0.2) is 66.4 Å². The summed E-state index contributed by atoms with van der Waals surface area (Å²) in [5, 5.41) is 9.74. The number of nitrogens with zero attached hydrogens (tertiary/aromatic N) is 3. The lowest BCUT2D eigenvalue weighted by atomic mass is 9.99. The average Bonchev–Trinajstić information content (AvgIpc) is 3.43. The fourth-order valence-corrected chi connectivity index (χ4v) is 4.20. The molecule has 0 aliphatic carbocycles. The van der Waals surface area contributed by atoms with Crippen molar-refractivity contribution in [2.45, 2.75) is 45.1 Å². The maximum absolute atomic E-state index is 13.8. The molecule has 2 fully saturated rings. The van der Waals surface area contributed by atoms with Crippen molar-refractivity contribution in [1.29, 1.82) is 0 Å². The summed E-state index contributed by atoms with van der Waals surface area (Å²) in [6, 6.07) is 4.94. The maximum atomic E-state index is 13.8. The van der Waals surface area contributed by atoms with Crippen molar-refractivity contribution in [1.82, 2.24) is 25.3 Å². The highest BCUT2D eigenvalue weighted by atomic mass is 19.4. The number of alkyl halides is 3. The van der Waals surface area contributed by atoms with Crippen LogP contribution in [-0.2, 0) is 28.7 Å². The van der Waals surface area contributed by atoms with Crippen LogP contribution in [0.5, 0.6) is 0 Å². The third-order valence-corrected chi connectivity index (χ3v) is 5.93. The summed E-state index contributed by atoms with van der Waals surface area (Å²) in [5.74, 6) is -0.340. The predicted molar refractivity (Wildman–Crippen MR) is 119 cm³/mol. The van der Waals surface area contributed by atoms with Crippen LogP contribution in [0.2, 0.25) is 0 Å². The molecular formula is C23H30F3N5O3. The molecule has 2 aliphatic heterocycles. The number of rotatable bonds is 7. The van der Waals surface area contributed by atoms with Gasteiger partial charge in [0.1, 0.15) is 0 Å². The van der Waals surface area contributed by atoms with E-state index in [1.807, 2.05) is 0 Å². The van der Waals surface area contributed by atoms with Crippen molar-refractivity contribution in [2.75, 3.05) is 39.7 Å². The van der Waals surface area contributed by atoms with Crippen LogP contribution < -0.4 is 10.6 Å². The minimum absolute atomic E-state index is 0.0330. The molecular weight excluding hydrogens is 451 g/mol. The topological polar surface area (TPSA) is 80.7 Å². The second-order valence-corrected chi connectivity index (χ2v) is 8.52. The first-order valence-electron chi connectivity index (χ1n) is 11.5. The maximum Gasteiger partial charge on any atom is 0.435 e. The quantitative estimate of drug-likeness (QED) is 0.633. The molecule has 0 saturated carbocycles. The Hall–Kier alpha value is -2.47. The zero-order valence-electron chi connectivity index (χ0n) is 19.2. The molecule has 11 heteroatoms. The lowest BCUT2D eigenvalue weighted by Crippen LogP contribution is -2.33. The van der Waals surface area contributed by atoms with Gasteiger partial charge in [0.2, 0.25) is 0 Å². The Morgan fingerprint density at radius 2 is 2.15 bits per heavy atom. The molecule has 3 heterocycles. The molecule has 0 radical (unpaired) electrons. The van der Waals surface area contributed by atoms with Crippen LogP contribution in [0.4, 0.5) is 13.2 Å². The van der Waals surface area contributed by atoms with Gasteiger partial charge in [-0.2, -0.15) is 18.3 Å². The molecule has 1 atom stereocenters. The van der Waals surface area contributed by atoms with E-state index in [9.17, 15) is 18.0 Å². The van der Waals surface area contributed by atoms with Gasteiger partial charge in [0, 0.05) is 50.1 Å². The molecule has 4 rings (SSSR count). The van der Waals surface area contributed by atoms with Crippen LogP contribution in [0, 0.1) is 0 Å². The fourth-order valence-electron chi connectivity index (χ4n) is 4.20. The van der Waals surface area contributed by atoms with E-state index in [0.29, 0.717) is 63.9 Å². The second kappa shape index (κ2) is 10.9. The highest BCUT2D eigenvalue weighted by molar-refractivity contribution is 5.95. The second-order valence-electron chi connectivity index (χ2n) is 8.52. The van der Waals surface area contributed by atoms with E-state index in [1.54, 1.807) is 19.1 Å². The van der Waals surface area contributed by atoms with E-state index in [0.717, 1.165) is 18.4 Å². The molecule has 2 saturated heterocycles. The molecule has 2 N–H and O–H groups in total. The van der Waals surface area contributed by atoms with Crippen molar-refractivity contribution in [3.63, 3.8) is 0 Å². The minimum Gasteiger partial charge on any atom is -0.376 e. The van der Waals surface area contributed by atoms with Crippen molar-refractivity contribution < 1.29 is 27.4 Å². The summed E-state index contributed by atoms with van der Waals surface area (Å²) in [6.07, 6.45) is -1.43. The fraction of sp³-hybridized carbons (Fsp3) is 0.565. The summed E-state index contributed by atoms with van der Waals surface area (Å²) in [7, 11) is 0. The van der Waals surface area contributed by atoms with Crippen LogP contribution >= 0.6 is 0 Å². The normalized spacial score (nSPS) is 19.8. The van der Waals surface area contributed by atoms with Crippen LogP contribution in [0.1, 0.15) is 41.4 Å². The first-order chi connectivity index (χ1) is 16.3. The van der Waals surface area contributed by atoms with E-state index in [2.05, 4.69) is 20.6 Å². The number of hydrogen-bond acceptors (Lipinski definition) is 6. The van der Waals surface area contributed by atoms with Crippen molar-refractivity contribution in [3.8, 4) is 11.1 Å². The van der Waals surface area contributed by atoms with Gasteiger partial charge in [-0.05, 0) is 49.1 Å². The van der Waals surface area contributed by atoms with E-state index in [4.69, 9.17) is 9.47 Å². The van der Waals surface area contributed by atoms with Gasteiger partial charge in [0.05, 0.1) is 26.1 Å². The predicted octanol–water partition coefficient (Wildman–Crippen LogP) is 2.83. The molecule has 1 aromatic heterocycles. The Morgan fingerprint density at radius 1 is 1.29 bits per heavy atom. The Kier molecular flexibility index (Phi) is 7.87. The first kappa shape index (κ1) is 24.6. The number of ether oxygens (including phenoxy) is 2. The Balaban J connectivity index is 1.66. The molecule has 2 aromatic rings. The average molecular weight is 482 g/mol. The van der Waals surface area contributed by atoms with Gasteiger partial charge in [0.25, 0.3) is 5.91 Å². The number of carbonyl (C=O) groups is 1. The third kappa shape index (κ3) is 6.15. The summed E-state index contributed by atoms with van der Waals surface area (Å²) in [5.41, 5.74) is 0.359. The lowest BCUT2D eigenvalue weighted by molar-refractivity contribution is -0.141. The number of nitrogens with one attached hydrogen (secondary N) is 2. The lowest BCUT2D eigenvalue weighted by Gasteiger charge is -2.20. The van der Waals surface area contributed by atoms with Crippen molar-refractivity contribution >= 4 is 5.91 Å². The number of aromatic nitrogens is 2. The highest BCUT2D eigenvalue weighted by Gasteiger charge is 2.37. The Morgan fingerprint density at radius 3 is 2.88 bits per heavy atom. The zero-order chi connectivity index (χ0) is 24.1.